The number of carbonyl (C=O) groups excluding carboxylic acids is 1. The Labute approximate surface area is 97.3 Å². The average Bonchev–Trinajstić information content (AvgIpc) is 2.14. The predicted octanol–water partition coefficient (Wildman–Crippen LogP) is -0.388. The van der Waals surface area contributed by atoms with Gasteiger partial charge in [0.15, 0.2) is 5.75 Å². The molecular weight excluding hydrogens is 248 g/mol. The van der Waals surface area contributed by atoms with E-state index < -0.39 is 27.7 Å². The number of rotatable bonds is 5. The number of primary amides is 1. The van der Waals surface area contributed by atoms with Gasteiger partial charge in [0.05, 0.1) is 11.3 Å². The molecule has 17 heavy (non-hydrogen) atoms. The molecule has 0 aromatic heterocycles. The standard InChI is InChI=1S/C9H10N2O5S/c10-9(14)6-3-1-2-4-7(6)11-17(15,16)5-8(12)13/h1-4,11H,5H2,(H2,10,14)(H,12,13). The number of carbonyl (C=O) groups is 2. The third-order valence-corrected chi connectivity index (χ3v) is 2.93. The number of nitrogens with one attached hydrogen (secondary N) is 1. The first-order valence-electron chi connectivity index (χ1n) is 4.43. The molecule has 4 N–H and O–H groups in total. The number of para-hydroxylation sites is 1. The highest BCUT2D eigenvalue weighted by Gasteiger charge is 2.18. The van der Waals surface area contributed by atoms with Gasteiger partial charge in [-0.1, -0.05) is 12.1 Å². The number of carboxylic acids is 1. The minimum absolute atomic E-state index is 0.0264. The van der Waals surface area contributed by atoms with Gasteiger partial charge in [0.25, 0.3) is 5.91 Å². The van der Waals surface area contributed by atoms with Gasteiger partial charge in [-0.25, -0.2) is 8.42 Å². The summed E-state index contributed by atoms with van der Waals surface area (Å²) in [6.45, 7) is 0. The van der Waals surface area contributed by atoms with E-state index >= 15 is 0 Å². The summed E-state index contributed by atoms with van der Waals surface area (Å²) >= 11 is 0. The van der Waals surface area contributed by atoms with Crippen LogP contribution in [0, 0.1) is 0 Å². The van der Waals surface area contributed by atoms with E-state index in [2.05, 4.69) is 0 Å². The van der Waals surface area contributed by atoms with Gasteiger partial charge in [0.1, 0.15) is 0 Å². The van der Waals surface area contributed by atoms with E-state index in [0.717, 1.165) is 0 Å². The van der Waals surface area contributed by atoms with E-state index in [9.17, 15) is 18.0 Å². The Hall–Kier alpha value is -2.09. The summed E-state index contributed by atoms with van der Waals surface area (Å²) in [6.07, 6.45) is 0. The summed E-state index contributed by atoms with van der Waals surface area (Å²) < 4.78 is 24.7. The van der Waals surface area contributed by atoms with Crippen molar-refractivity contribution in [3.05, 3.63) is 29.8 Å². The van der Waals surface area contributed by atoms with Crippen molar-refractivity contribution >= 4 is 27.6 Å². The van der Waals surface area contributed by atoms with Crippen LogP contribution in [0.5, 0.6) is 0 Å². The van der Waals surface area contributed by atoms with E-state index in [4.69, 9.17) is 10.8 Å². The van der Waals surface area contributed by atoms with Crippen molar-refractivity contribution in [2.45, 2.75) is 0 Å². The quantitative estimate of drug-likeness (QED) is 0.663. The summed E-state index contributed by atoms with van der Waals surface area (Å²) in [5, 5.41) is 8.39. The first-order valence-corrected chi connectivity index (χ1v) is 6.08. The molecule has 1 aromatic rings. The molecule has 7 nitrogen and oxygen atoms in total. The number of benzene rings is 1. The highest BCUT2D eigenvalue weighted by atomic mass is 32.2. The number of carboxylic acid groups (broad SMARTS) is 1. The van der Waals surface area contributed by atoms with Crippen LogP contribution >= 0.6 is 0 Å². The topological polar surface area (TPSA) is 127 Å². The fourth-order valence-corrected chi connectivity index (χ4v) is 2.06. The lowest BCUT2D eigenvalue weighted by atomic mass is 10.2. The van der Waals surface area contributed by atoms with Gasteiger partial charge in [-0.05, 0) is 12.1 Å². The Morgan fingerprint density at radius 3 is 2.41 bits per heavy atom. The van der Waals surface area contributed by atoms with Crippen LogP contribution in [-0.2, 0) is 14.8 Å². The van der Waals surface area contributed by atoms with Crippen molar-refractivity contribution in [1.29, 1.82) is 0 Å². The number of hydrogen-bond acceptors (Lipinski definition) is 4. The lowest BCUT2D eigenvalue weighted by Crippen LogP contribution is -2.24. The van der Waals surface area contributed by atoms with Crippen molar-refractivity contribution in [3.8, 4) is 0 Å². The number of nitrogens with two attached hydrogens (primary N) is 1. The maximum Gasteiger partial charge on any atom is 0.320 e. The van der Waals surface area contributed by atoms with Crippen LogP contribution in [0.25, 0.3) is 0 Å². The second-order valence-electron chi connectivity index (χ2n) is 3.16. The zero-order chi connectivity index (χ0) is 13.1. The number of aliphatic carboxylic acids is 1. The molecule has 0 aliphatic rings. The highest BCUT2D eigenvalue weighted by molar-refractivity contribution is 7.93. The van der Waals surface area contributed by atoms with E-state index in [-0.39, 0.29) is 11.3 Å². The summed E-state index contributed by atoms with van der Waals surface area (Å²) in [5.41, 5.74) is 4.98. The van der Waals surface area contributed by atoms with Crippen LogP contribution < -0.4 is 10.5 Å². The van der Waals surface area contributed by atoms with Crippen molar-refractivity contribution in [1.82, 2.24) is 0 Å². The number of amides is 1. The summed E-state index contributed by atoms with van der Waals surface area (Å²) in [4.78, 5) is 21.3. The van der Waals surface area contributed by atoms with Crippen LogP contribution in [0.1, 0.15) is 10.4 Å². The number of sulfonamides is 1. The maximum absolute atomic E-state index is 11.3. The van der Waals surface area contributed by atoms with Crippen molar-refractivity contribution in [2.75, 3.05) is 10.5 Å². The Morgan fingerprint density at radius 2 is 1.88 bits per heavy atom. The SMILES string of the molecule is NC(=O)c1ccccc1NS(=O)(=O)CC(=O)O. The van der Waals surface area contributed by atoms with Gasteiger partial charge in [0, 0.05) is 0 Å². The summed E-state index contributed by atoms with van der Waals surface area (Å²) in [7, 11) is -4.05. The Balaban J connectivity index is 3.04. The zero-order valence-corrected chi connectivity index (χ0v) is 9.40. The van der Waals surface area contributed by atoms with Gasteiger partial charge in [0.2, 0.25) is 10.0 Å². The second-order valence-corrected chi connectivity index (χ2v) is 4.89. The fraction of sp³-hybridized carbons (Fsp3) is 0.111. The lowest BCUT2D eigenvalue weighted by Gasteiger charge is -2.08. The minimum atomic E-state index is -4.05. The second kappa shape index (κ2) is 4.83. The molecule has 0 saturated carbocycles. The normalized spacial score (nSPS) is 10.8. The maximum atomic E-state index is 11.3. The first-order chi connectivity index (χ1) is 7.82. The third-order valence-electron chi connectivity index (χ3n) is 1.77. The Kier molecular flexibility index (Phi) is 3.69. The molecule has 0 spiro atoms. The Bertz CT molecular complexity index is 552. The first kappa shape index (κ1) is 13.0. The van der Waals surface area contributed by atoms with Crippen molar-refractivity contribution < 1.29 is 23.1 Å². The number of anilines is 1. The molecule has 0 aliphatic heterocycles. The average molecular weight is 258 g/mol. The number of hydrogen-bond donors (Lipinski definition) is 3. The zero-order valence-electron chi connectivity index (χ0n) is 8.58. The summed E-state index contributed by atoms with van der Waals surface area (Å²) in [6, 6.07) is 5.65. The molecule has 0 aliphatic carbocycles. The molecule has 1 rings (SSSR count). The van der Waals surface area contributed by atoms with Crippen molar-refractivity contribution in [2.24, 2.45) is 5.73 Å². The summed E-state index contributed by atoms with van der Waals surface area (Å²) in [5.74, 6) is -3.38. The molecule has 0 unspecified atom stereocenters. The van der Waals surface area contributed by atoms with E-state index in [1.54, 1.807) is 0 Å². The van der Waals surface area contributed by atoms with Gasteiger partial charge >= 0.3 is 5.97 Å². The molecule has 0 atom stereocenters. The molecule has 1 aromatic carbocycles. The van der Waals surface area contributed by atoms with Gasteiger partial charge in [-0.15, -0.1) is 0 Å². The highest BCUT2D eigenvalue weighted by Crippen LogP contribution is 2.15. The molecule has 0 heterocycles. The van der Waals surface area contributed by atoms with Crippen LogP contribution in [0.4, 0.5) is 5.69 Å². The molecule has 0 bridgehead atoms. The smallest absolute Gasteiger partial charge is 0.320 e. The Morgan fingerprint density at radius 1 is 1.29 bits per heavy atom. The van der Waals surface area contributed by atoms with Gasteiger partial charge in [-0.2, -0.15) is 0 Å². The lowest BCUT2D eigenvalue weighted by molar-refractivity contribution is -0.134. The minimum Gasteiger partial charge on any atom is -0.480 e. The fourth-order valence-electron chi connectivity index (χ4n) is 1.15. The molecule has 0 fully saturated rings. The predicted molar refractivity (Wildman–Crippen MR) is 60.0 cm³/mol. The molecule has 0 radical (unpaired) electrons. The van der Waals surface area contributed by atoms with Gasteiger partial charge in [-0.3, -0.25) is 14.3 Å². The van der Waals surface area contributed by atoms with Crippen LogP contribution in [0.3, 0.4) is 0 Å². The molecule has 8 heteroatoms. The molecular formula is C9H10N2O5S. The van der Waals surface area contributed by atoms with E-state index in [0.29, 0.717) is 0 Å². The van der Waals surface area contributed by atoms with E-state index in [1.165, 1.54) is 24.3 Å². The van der Waals surface area contributed by atoms with Crippen molar-refractivity contribution in [3.63, 3.8) is 0 Å². The van der Waals surface area contributed by atoms with Crippen LogP contribution in [0.2, 0.25) is 0 Å². The van der Waals surface area contributed by atoms with Gasteiger partial charge < -0.3 is 10.8 Å². The largest absolute Gasteiger partial charge is 0.480 e. The molecule has 1 amide bonds. The van der Waals surface area contributed by atoms with E-state index in [1.807, 2.05) is 4.72 Å². The third kappa shape index (κ3) is 3.76. The molecule has 92 valence electrons. The monoisotopic (exact) mass is 258 g/mol. The van der Waals surface area contributed by atoms with Crippen LogP contribution in [-0.4, -0.2) is 31.2 Å². The molecule has 0 saturated heterocycles. The van der Waals surface area contributed by atoms with Crippen LogP contribution in [0.15, 0.2) is 24.3 Å².